The quantitative estimate of drug-likeness (QED) is 0.123. The van der Waals surface area contributed by atoms with Gasteiger partial charge < -0.3 is 43.4 Å². The molecular formula is C21H32N6O7. The average molecular weight is 481 g/mol. The third-order valence-corrected chi connectivity index (χ3v) is 4.76. The Morgan fingerprint density at radius 1 is 0.912 bits per heavy atom. The van der Waals surface area contributed by atoms with Crippen molar-refractivity contribution in [3.05, 3.63) is 29.8 Å². The number of carboxylic acids is 1. The van der Waals surface area contributed by atoms with E-state index in [-0.39, 0.29) is 18.6 Å². The van der Waals surface area contributed by atoms with E-state index in [4.69, 9.17) is 22.3 Å². The summed E-state index contributed by atoms with van der Waals surface area (Å²) < 4.78 is 0. The summed E-state index contributed by atoms with van der Waals surface area (Å²) in [6, 6.07) is 2.34. The second-order valence-corrected chi connectivity index (χ2v) is 7.67. The maximum atomic E-state index is 13.1. The Balaban J connectivity index is 3.04. The molecule has 188 valence electrons. The lowest BCUT2D eigenvalue weighted by Crippen LogP contribution is -2.57. The van der Waals surface area contributed by atoms with Crippen molar-refractivity contribution in [2.45, 2.75) is 50.2 Å². The fourth-order valence-electron chi connectivity index (χ4n) is 2.99. The Morgan fingerprint density at radius 2 is 1.53 bits per heavy atom. The average Bonchev–Trinajstić information content (AvgIpc) is 2.77. The molecule has 34 heavy (non-hydrogen) atoms. The van der Waals surface area contributed by atoms with Crippen molar-refractivity contribution >= 4 is 29.6 Å². The minimum atomic E-state index is -1.29. The summed E-state index contributed by atoms with van der Waals surface area (Å²) >= 11 is 0. The normalized spacial score (nSPS) is 13.2. The lowest BCUT2D eigenvalue weighted by molar-refractivity contribution is -0.138. The number of hydrogen-bond donors (Lipinski definition) is 8. The van der Waals surface area contributed by atoms with E-state index in [1.807, 2.05) is 0 Å². The first kappa shape index (κ1) is 28.3. The molecule has 0 aliphatic heterocycles. The number of carboxylic acid groups (broad SMARTS) is 1. The number of phenols is 1. The molecule has 13 nitrogen and oxygen atoms in total. The second-order valence-electron chi connectivity index (χ2n) is 7.67. The Hall–Kier alpha value is -3.71. The maximum absolute atomic E-state index is 13.1. The van der Waals surface area contributed by atoms with Crippen LogP contribution in [0.2, 0.25) is 0 Å². The number of aromatic hydroxyl groups is 1. The van der Waals surface area contributed by atoms with Crippen molar-refractivity contribution in [2.24, 2.45) is 17.2 Å². The van der Waals surface area contributed by atoms with Gasteiger partial charge in [-0.05, 0) is 43.5 Å². The SMILES string of the molecule is NCCCCC(NC(=O)C(Cc1ccc(O)cc1)NC(=O)C(N)CC(N)=O)C(=O)NCC(=O)O. The van der Waals surface area contributed by atoms with Crippen LogP contribution in [0.15, 0.2) is 24.3 Å². The van der Waals surface area contributed by atoms with E-state index in [0.717, 1.165) is 0 Å². The van der Waals surface area contributed by atoms with Crippen LogP contribution < -0.4 is 33.2 Å². The number of benzene rings is 1. The standard InChI is InChI=1S/C21H32N6O7/c22-8-2-1-3-15(20(33)25-11-18(30)31)26-21(34)16(9-12-4-6-13(28)7-5-12)27-19(32)14(23)10-17(24)29/h4-7,14-16,28H,1-3,8-11,22-23H2,(H2,24,29)(H,25,33)(H,26,34)(H,27,32)(H,30,31). The molecule has 0 aliphatic rings. The topological polar surface area (TPSA) is 240 Å². The fourth-order valence-corrected chi connectivity index (χ4v) is 2.99. The Labute approximate surface area is 196 Å². The zero-order valence-corrected chi connectivity index (χ0v) is 18.7. The molecule has 0 radical (unpaired) electrons. The summed E-state index contributed by atoms with van der Waals surface area (Å²) in [4.78, 5) is 59.8. The number of nitrogens with two attached hydrogens (primary N) is 3. The van der Waals surface area contributed by atoms with Crippen molar-refractivity contribution in [3.8, 4) is 5.75 Å². The van der Waals surface area contributed by atoms with E-state index in [2.05, 4.69) is 16.0 Å². The van der Waals surface area contributed by atoms with Crippen LogP contribution >= 0.6 is 0 Å². The van der Waals surface area contributed by atoms with Gasteiger partial charge in [-0.2, -0.15) is 0 Å². The first-order valence-electron chi connectivity index (χ1n) is 10.7. The van der Waals surface area contributed by atoms with Crippen LogP contribution in [-0.4, -0.2) is 71.0 Å². The maximum Gasteiger partial charge on any atom is 0.322 e. The predicted molar refractivity (Wildman–Crippen MR) is 121 cm³/mol. The number of carbonyl (C=O) groups is 5. The molecule has 1 rings (SSSR count). The predicted octanol–water partition coefficient (Wildman–Crippen LogP) is -2.56. The fraction of sp³-hybridized carbons (Fsp3) is 0.476. The number of rotatable bonds is 15. The van der Waals surface area contributed by atoms with E-state index < -0.39 is 60.7 Å². The number of primary amides is 1. The molecule has 0 heterocycles. The van der Waals surface area contributed by atoms with Gasteiger partial charge in [-0.1, -0.05) is 12.1 Å². The molecule has 0 aromatic heterocycles. The van der Waals surface area contributed by atoms with Crippen LogP contribution in [0.3, 0.4) is 0 Å². The van der Waals surface area contributed by atoms with Crippen LogP contribution in [0.1, 0.15) is 31.2 Å². The minimum Gasteiger partial charge on any atom is -0.508 e. The highest BCUT2D eigenvalue weighted by atomic mass is 16.4. The van der Waals surface area contributed by atoms with E-state index in [1.54, 1.807) is 12.1 Å². The number of aliphatic carboxylic acids is 1. The largest absolute Gasteiger partial charge is 0.508 e. The summed E-state index contributed by atoms with van der Waals surface area (Å²) in [5.74, 6) is -4.26. The number of nitrogens with one attached hydrogen (secondary N) is 3. The number of amides is 4. The molecule has 3 unspecified atom stereocenters. The summed E-state index contributed by atoms with van der Waals surface area (Å²) in [6.45, 7) is -0.258. The van der Waals surface area contributed by atoms with Gasteiger partial charge in [-0.25, -0.2) is 0 Å². The van der Waals surface area contributed by atoms with Gasteiger partial charge in [-0.15, -0.1) is 0 Å². The van der Waals surface area contributed by atoms with E-state index in [0.29, 0.717) is 24.9 Å². The molecule has 0 bridgehead atoms. The summed E-state index contributed by atoms with van der Waals surface area (Å²) in [5, 5.41) is 25.5. The Kier molecular flexibility index (Phi) is 12.0. The van der Waals surface area contributed by atoms with Crippen molar-refractivity contribution in [1.82, 2.24) is 16.0 Å². The van der Waals surface area contributed by atoms with Gasteiger partial charge >= 0.3 is 5.97 Å². The molecule has 1 aromatic carbocycles. The van der Waals surface area contributed by atoms with Gasteiger partial charge in [0.05, 0.1) is 12.5 Å². The van der Waals surface area contributed by atoms with Crippen molar-refractivity contribution in [1.29, 1.82) is 0 Å². The number of hydrogen-bond acceptors (Lipinski definition) is 8. The highest BCUT2D eigenvalue weighted by molar-refractivity contribution is 5.94. The van der Waals surface area contributed by atoms with Gasteiger partial charge in [0.25, 0.3) is 0 Å². The lowest BCUT2D eigenvalue weighted by Gasteiger charge is -2.24. The van der Waals surface area contributed by atoms with Crippen LogP contribution in [0.5, 0.6) is 5.75 Å². The molecule has 3 atom stereocenters. The Bertz CT molecular complexity index is 862. The molecule has 1 aromatic rings. The van der Waals surface area contributed by atoms with E-state index in [1.165, 1.54) is 12.1 Å². The van der Waals surface area contributed by atoms with Gasteiger partial charge in [0.15, 0.2) is 0 Å². The molecule has 13 heteroatoms. The highest BCUT2D eigenvalue weighted by Crippen LogP contribution is 2.12. The third-order valence-electron chi connectivity index (χ3n) is 4.76. The molecule has 0 fully saturated rings. The summed E-state index contributed by atoms with van der Waals surface area (Å²) in [5.41, 5.74) is 16.8. The van der Waals surface area contributed by atoms with Crippen molar-refractivity contribution in [2.75, 3.05) is 13.1 Å². The van der Waals surface area contributed by atoms with Crippen LogP contribution in [0.4, 0.5) is 0 Å². The van der Waals surface area contributed by atoms with Crippen LogP contribution in [0.25, 0.3) is 0 Å². The molecular weight excluding hydrogens is 448 g/mol. The van der Waals surface area contributed by atoms with Crippen molar-refractivity contribution in [3.63, 3.8) is 0 Å². The smallest absolute Gasteiger partial charge is 0.322 e. The monoisotopic (exact) mass is 480 g/mol. The molecule has 11 N–H and O–H groups in total. The molecule has 0 aliphatic carbocycles. The van der Waals surface area contributed by atoms with Gasteiger partial charge in [-0.3, -0.25) is 24.0 Å². The number of carbonyl (C=O) groups excluding carboxylic acids is 4. The second kappa shape index (κ2) is 14.4. The highest BCUT2D eigenvalue weighted by Gasteiger charge is 2.28. The molecule has 0 spiro atoms. The van der Waals surface area contributed by atoms with Gasteiger partial charge in [0.2, 0.25) is 23.6 Å². The molecule has 0 saturated heterocycles. The van der Waals surface area contributed by atoms with Crippen molar-refractivity contribution < 1.29 is 34.2 Å². The van der Waals surface area contributed by atoms with E-state index in [9.17, 15) is 29.1 Å². The third kappa shape index (κ3) is 10.7. The molecule has 4 amide bonds. The minimum absolute atomic E-state index is 0.00679. The first-order chi connectivity index (χ1) is 16.0. The summed E-state index contributed by atoms with van der Waals surface area (Å²) in [7, 11) is 0. The van der Waals surface area contributed by atoms with Crippen LogP contribution in [-0.2, 0) is 30.4 Å². The number of unbranched alkanes of at least 4 members (excludes halogenated alkanes) is 1. The zero-order chi connectivity index (χ0) is 25.7. The van der Waals surface area contributed by atoms with E-state index >= 15 is 0 Å². The first-order valence-corrected chi connectivity index (χ1v) is 10.7. The van der Waals surface area contributed by atoms with Gasteiger partial charge in [0, 0.05) is 6.42 Å². The lowest BCUT2D eigenvalue weighted by atomic mass is 10.0. The summed E-state index contributed by atoms with van der Waals surface area (Å²) in [6.07, 6.45) is 0.802. The Morgan fingerprint density at radius 3 is 2.09 bits per heavy atom. The molecule has 0 saturated carbocycles. The van der Waals surface area contributed by atoms with Crippen LogP contribution in [0, 0.1) is 0 Å². The number of phenolic OH excluding ortho intramolecular Hbond substituents is 1. The van der Waals surface area contributed by atoms with Gasteiger partial charge in [0.1, 0.15) is 24.4 Å². The zero-order valence-electron chi connectivity index (χ0n) is 18.7.